The van der Waals surface area contributed by atoms with E-state index in [0.29, 0.717) is 191 Å². The Hall–Kier alpha value is -2.72. The number of carbonyl (C=O) groups is 3. The quantitative estimate of drug-likeness (QED) is 0.0204. The van der Waals surface area contributed by atoms with E-state index < -0.39 is 0 Å². The summed E-state index contributed by atoms with van der Waals surface area (Å²) in [7, 11) is 0. The molecule has 0 bridgehead atoms. The first-order valence-electron chi connectivity index (χ1n) is 26.4. The predicted octanol–water partition coefficient (Wildman–Crippen LogP) is 7.08. The number of esters is 1. The van der Waals surface area contributed by atoms with E-state index in [0.717, 1.165) is 25.7 Å². The highest BCUT2D eigenvalue weighted by Gasteiger charge is 2.15. The van der Waals surface area contributed by atoms with Crippen LogP contribution >= 0.6 is 0 Å². The number of azide groups is 1. The average Bonchev–Trinajstić information content (AvgIpc) is 3.33. The molecule has 0 aliphatic carbocycles. The molecule has 0 atom stereocenters. The maximum atomic E-state index is 12.1. The summed E-state index contributed by atoms with van der Waals surface area (Å²) >= 11 is 0. The lowest BCUT2D eigenvalue weighted by Gasteiger charge is -2.19. The fraction of sp³-hybridized carbons (Fsp3) is 0.940. The molecule has 0 heterocycles. The third kappa shape index (κ3) is 59.6. The van der Waals surface area contributed by atoms with Gasteiger partial charge in [0.25, 0.3) is 0 Å². The van der Waals surface area contributed by atoms with E-state index in [9.17, 15) is 14.4 Å². The Labute approximate surface area is 421 Å². The van der Waals surface area contributed by atoms with Gasteiger partial charge in [-0.05, 0) is 45.6 Å². The number of hydrogen-bond acceptors (Lipinski definition) is 16. The molecule has 0 spiro atoms. The fourth-order valence-corrected chi connectivity index (χ4v) is 6.44. The minimum atomic E-state index is -0.389. The van der Waals surface area contributed by atoms with Crippen molar-refractivity contribution >= 4 is 17.8 Å². The van der Waals surface area contributed by atoms with Crippen LogP contribution < -0.4 is 10.6 Å². The Kier molecular flexibility index (Phi) is 53.4. The van der Waals surface area contributed by atoms with Gasteiger partial charge in [-0.3, -0.25) is 14.4 Å². The predicted molar refractivity (Wildman–Crippen MR) is 268 cm³/mol. The Morgan fingerprint density at radius 3 is 0.971 bits per heavy atom. The molecule has 0 aromatic heterocycles. The van der Waals surface area contributed by atoms with Crippen LogP contribution in [0.5, 0.6) is 0 Å². The number of nitrogens with zero attached hydrogens (tertiary/aromatic N) is 3. The Bertz CT molecular complexity index is 1200. The second kappa shape index (κ2) is 55.6. The standard InChI is InChI=1S/C50H97N5O15/c1-50(2,3)70-49(58)21-17-15-13-11-9-7-5-4-6-8-10-12-14-16-19-47(56)52-22-18-20-48(57)53-23-25-59-27-29-61-31-33-63-35-37-65-39-41-67-43-45-69-46-44-68-42-40-66-38-36-64-34-32-62-30-28-60-26-24-54-55-51/h4-46H2,1-3H3,(H,52,56)(H,53,57). The van der Waals surface area contributed by atoms with Gasteiger partial charge in [0.1, 0.15) is 5.60 Å². The summed E-state index contributed by atoms with van der Waals surface area (Å²) in [6, 6.07) is 0. The van der Waals surface area contributed by atoms with Crippen LogP contribution in [0.2, 0.25) is 0 Å². The highest BCUT2D eigenvalue weighted by molar-refractivity contribution is 5.77. The first kappa shape index (κ1) is 67.3. The molecule has 412 valence electrons. The van der Waals surface area contributed by atoms with Gasteiger partial charge in [0, 0.05) is 43.8 Å². The van der Waals surface area contributed by atoms with E-state index in [2.05, 4.69) is 20.7 Å². The molecule has 20 nitrogen and oxygen atoms in total. The SMILES string of the molecule is CC(C)(C)OC(=O)CCCCCCCCCCCCCCCCC(=O)NCCCC(=O)NCCOCCOCCOCCOCCOCCOCCOCCOCCOCCOCCOCCN=[N+]=[N-]. The molecule has 70 heavy (non-hydrogen) atoms. The summed E-state index contributed by atoms with van der Waals surface area (Å²) in [5, 5.41) is 9.16. The minimum absolute atomic E-state index is 0.0474. The monoisotopic (exact) mass is 1010 g/mol. The van der Waals surface area contributed by atoms with Crippen LogP contribution in [0.15, 0.2) is 5.11 Å². The van der Waals surface area contributed by atoms with E-state index in [4.69, 9.17) is 62.4 Å². The van der Waals surface area contributed by atoms with Crippen LogP contribution in [-0.2, 0) is 71.2 Å². The summed E-state index contributed by atoms with van der Waals surface area (Å²) in [4.78, 5) is 38.6. The maximum absolute atomic E-state index is 12.1. The second-order valence-corrected chi connectivity index (χ2v) is 17.5. The first-order valence-corrected chi connectivity index (χ1v) is 26.4. The van der Waals surface area contributed by atoms with Gasteiger partial charge >= 0.3 is 5.97 Å². The zero-order valence-corrected chi connectivity index (χ0v) is 43.9. The zero-order valence-electron chi connectivity index (χ0n) is 43.9. The third-order valence-corrected chi connectivity index (χ3v) is 10.0. The third-order valence-electron chi connectivity index (χ3n) is 10.0. The van der Waals surface area contributed by atoms with Crippen molar-refractivity contribution in [3.8, 4) is 0 Å². The van der Waals surface area contributed by atoms with Crippen LogP contribution in [0.4, 0.5) is 0 Å². The highest BCUT2D eigenvalue weighted by atomic mass is 16.6. The maximum Gasteiger partial charge on any atom is 0.306 e. The van der Waals surface area contributed by atoms with E-state index in [1.807, 2.05) is 20.8 Å². The fourth-order valence-electron chi connectivity index (χ4n) is 6.44. The number of nitrogens with one attached hydrogen (secondary N) is 2. The van der Waals surface area contributed by atoms with Crippen LogP contribution in [-0.4, -0.2) is 188 Å². The lowest BCUT2D eigenvalue weighted by atomic mass is 10.0. The van der Waals surface area contributed by atoms with Gasteiger partial charge in [-0.25, -0.2) is 0 Å². The molecule has 0 unspecified atom stereocenters. The van der Waals surface area contributed by atoms with Crippen molar-refractivity contribution in [1.82, 2.24) is 10.6 Å². The van der Waals surface area contributed by atoms with Crippen molar-refractivity contribution in [3.05, 3.63) is 10.4 Å². The summed E-state index contributed by atoms with van der Waals surface area (Å²) in [5.74, 6) is -0.0651. The van der Waals surface area contributed by atoms with Crippen LogP contribution in [0.3, 0.4) is 0 Å². The normalized spacial score (nSPS) is 11.5. The average molecular weight is 1010 g/mol. The van der Waals surface area contributed by atoms with Gasteiger partial charge in [-0.1, -0.05) is 82.2 Å². The topological polar surface area (TPSA) is 235 Å². The molecule has 0 aromatic carbocycles. The van der Waals surface area contributed by atoms with E-state index in [-0.39, 0.29) is 23.4 Å². The Morgan fingerprint density at radius 2 is 0.643 bits per heavy atom. The van der Waals surface area contributed by atoms with Crippen LogP contribution in [0, 0.1) is 0 Å². The van der Waals surface area contributed by atoms with Crippen molar-refractivity contribution in [2.45, 2.75) is 142 Å². The van der Waals surface area contributed by atoms with Crippen molar-refractivity contribution in [2.75, 3.05) is 165 Å². The summed E-state index contributed by atoms with van der Waals surface area (Å²) in [6.45, 7) is 17.2. The van der Waals surface area contributed by atoms with Gasteiger partial charge in [-0.15, -0.1) is 0 Å². The number of unbranched alkanes of at least 4 members (excludes halogenated alkanes) is 13. The molecule has 0 saturated heterocycles. The van der Waals surface area contributed by atoms with Gasteiger partial charge in [0.15, 0.2) is 0 Å². The molecule has 2 amide bonds. The highest BCUT2D eigenvalue weighted by Crippen LogP contribution is 2.15. The largest absolute Gasteiger partial charge is 0.460 e. The molecule has 0 saturated carbocycles. The molecular formula is C50H97N5O15. The first-order chi connectivity index (χ1) is 34.2. The minimum Gasteiger partial charge on any atom is -0.460 e. The van der Waals surface area contributed by atoms with E-state index in [1.54, 1.807) is 0 Å². The van der Waals surface area contributed by atoms with Crippen molar-refractivity contribution in [1.29, 1.82) is 0 Å². The lowest BCUT2D eigenvalue weighted by Crippen LogP contribution is -2.29. The van der Waals surface area contributed by atoms with Gasteiger partial charge in [0.2, 0.25) is 11.8 Å². The molecule has 0 aliphatic rings. The second-order valence-electron chi connectivity index (χ2n) is 17.5. The molecule has 0 fully saturated rings. The van der Waals surface area contributed by atoms with Gasteiger partial charge in [-0.2, -0.15) is 0 Å². The molecule has 0 aromatic rings. The van der Waals surface area contributed by atoms with Gasteiger partial charge < -0.3 is 67.5 Å². The Balaban J connectivity index is 3.23. The number of carbonyl (C=O) groups excluding carboxylic acids is 3. The van der Waals surface area contributed by atoms with Gasteiger partial charge in [0.05, 0.1) is 145 Å². The van der Waals surface area contributed by atoms with Crippen molar-refractivity contribution < 1.29 is 71.2 Å². The zero-order chi connectivity index (χ0) is 51.0. The molecule has 0 rings (SSSR count). The summed E-state index contributed by atoms with van der Waals surface area (Å²) < 4.78 is 65.4. The Morgan fingerprint density at radius 1 is 0.371 bits per heavy atom. The van der Waals surface area contributed by atoms with Crippen LogP contribution in [0.25, 0.3) is 10.4 Å². The molecule has 20 heteroatoms. The number of rotatable bonds is 57. The van der Waals surface area contributed by atoms with E-state index in [1.165, 1.54) is 64.2 Å². The van der Waals surface area contributed by atoms with E-state index >= 15 is 0 Å². The number of amides is 2. The molecular weight excluding hydrogens is 911 g/mol. The molecule has 0 aliphatic heterocycles. The summed E-state index contributed by atoms with van der Waals surface area (Å²) in [6.07, 6.45) is 18.7. The van der Waals surface area contributed by atoms with Crippen molar-refractivity contribution in [3.63, 3.8) is 0 Å². The van der Waals surface area contributed by atoms with Crippen LogP contribution in [0.1, 0.15) is 136 Å². The molecule has 2 N–H and O–H groups in total. The number of ether oxygens (including phenoxy) is 12. The summed E-state index contributed by atoms with van der Waals surface area (Å²) in [5.41, 5.74) is 7.78. The van der Waals surface area contributed by atoms with Crippen molar-refractivity contribution in [2.24, 2.45) is 5.11 Å². The molecule has 0 radical (unpaired) electrons. The number of hydrogen-bond donors (Lipinski definition) is 2. The lowest BCUT2D eigenvalue weighted by molar-refractivity contribution is -0.155. The smallest absolute Gasteiger partial charge is 0.306 e.